The van der Waals surface area contributed by atoms with Gasteiger partial charge in [-0.05, 0) is 27.2 Å². The van der Waals surface area contributed by atoms with Crippen molar-refractivity contribution in [2.24, 2.45) is 11.7 Å². The first-order chi connectivity index (χ1) is 7.50. The number of carbonyl (C=O) groups is 1. The quantitative estimate of drug-likeness (QED) is 0.789. The Hall–Kier alpha value is -0.980. The maximum absolute atomic E-state index is 12.5. The van der Waals surface area contributed by atoms with E-state index in [0.717, 1.165) is 0 Å². The van der Waals surface area contributed by atoms with Crippen LogP contribution >= 0.6 is 0 Å². The summed E-state index contributed by atoms with van der Waals surface area (Å²) in [6.07, 6.45) is -5.39. The molecular formula is C10H17F3N2O2. The lowest BCUT2D eigenvalue weighted by Crippen LogP contribution is -2.48. The number of rotatable bonds is 2. The van der Waals surface area contributed by atoms with E-state index in [2.05, 4.69) is 5.32 Å². The summed E-state index contributed by atoms with van der Waals surface area (Å²) in [6.45, 7) is 4.65. The average Bonchev–Trinajstić information content (AvgIpc) is 2.75. The third kappa shape index (κ3) is 3.49. The van der Waals surface area contributed by atoms with Gasteiger partial charge in [0, 0.05) is 6.54 Å². The van der Waals surface area contributed by atoms with Crippen molar-refractivity contribution < 1.29 is 22.7 Å². The SMILES string of the molecule is CC(C)(C)OC(=O)NC1(CN)CC1C(F)(F)F. The number of hydrogen-bond acceptors (Lipinski definition) is 3. The lowest BCUT2D eigenvalue weighted by molar-refractivity contribution is -0.152. The third-order valence-electron chi connectivity index (χ3n) is 2.58. The molecule has 0 aliphatic heterocycles. The molecule has 0 bridgehead atoms. The highest BCUT2D eigenvalue weighted by Crippen LogP contribution is 2.52. The van der Waals surface area contributed by atoms with Crippen LogP contribution in [-0.2, 0) is 4.74 Å². The van der Waals surface area contributed by atoms with Gasteiger partial charge in [-0.2, -0.15) is 13.2 Å². The fourth-order valence-electron chi connectivity index (χ4n) is 1.66. The molecule has 1 saturated carbocycles. The van der Waals surface area contributed by atoms with Crippen LogP contribution in [0.5, 0.6) is 0 Å². The van der Waals surface area contributed by atoms with E-state index in [-0.39, 0.29) is 13.0 Å². The minimum Gasteiger partial charge on any atom is -0.444 e. The molecule has 2 atom stereocenters. The Bertz CT molecular complexity index is 312. The highest BCUT2D eigenvalue weighted by Gasteiger charge is 2.67. The van der Waals surface area contributed by atoms with Crippen LogP contribution in [0.3, 0.4) is 0 Å². The van der Waals surface area contributed by atoms with E-state index in [1.54, 1.807) is 20.8 Å². The second kappa shape index (κ2) is 4.04. The van der Waals surface area contributed by atoms with E-state index in [0.29, 0.717) is 0 Å². The molecule has 3 N–H and O–H groups in total. The van der Waals surface area contributed by atoms with E-state index in [1.807, 2.05) is 0 Å². The molecule has 1 aliphatic carbocycles. The summed E-state index contributed by atoms with van der Waals surface area (Å²) >= 11 is 0. The number of halogens is 3. The van der Waals surface area contributed by atoms with Crippen LogP contribution in [0, 0.1) is 5.92 Å². The Balaban J connectivity index is 2.59. The topological polar surface area (TPSA) is 64.3 Å². The molecule has 0 aromatic rings. The summed E-state index contributed by atoms with van der Waals surface area (Å²) in [5, 5.41) is 2.22. The molecule has 0 spiro atoms. The van der Waals surface area contributed by atoms with E-state index in [4.69, 9.17) is 10.5 Å². The van der Waals surface area contributed by atoms with Gasteiger partial charge < -0.3 is 15.8 Å². The lowest BCUT2D eigenvalue weighted by atomic mass is 10.2. The standard InChI is InChI=1S/C10H17F3N2O2/c1-8(2,3)17-7(16)15-9(5-14)4-6(9)10(11,12)13/h6H,4-5,14H2,1-3H3,(H,15,16). The van der Waals surface area contributed by atoms with Crippen molar-refractivity contribution in [3.05, 3.63) is 0 Å². The fraction of sp³-hybridized carbons (Fsp3) is 0.900. The molecular weight excluding hydrogens is 237 g/mol. The van der Waals surface area contributed by atoms with Gasteiger partial charge in [0.1, 0.15) is 5.60 Å². The number of alkyl halides is 3. The molecule has 2 unspecified atom stereocenters. The Kier molecular flexibility index (Phi) is 3.35. The molecule has 0 saturated heterocycles. The monoisotopic (exact) mass is 254 g/mol. The number of hydrogen-bond donors (Lipinski definition) is 2. The van der Waals surface area contributed by atoms with Crippen molar-refractivity contribution in [1.82, 2.24) is 5.32 Å². The number of amides is 1. The molecule has 0 radical (unpaired) electrons. The normalized spacial score (nSPS) is 28.8. The lowest BCUT2D eigenvalue weighted by Gasteiger charge is -2.23. The van der Waals surface area contributed by atoms with Gasteiger partial charge in [-0.15, -0.1) is 0 Å². The van der Waals surface area contributed by atoms with Crippen molar-refractivity contribution in [2.75, 3.05) is 6.54 Å². The number of carbonyl (C=O) groups excluding carboxylic acids is 1. The molecule has 0 heterocycles. The molecule has 1 rings (SSSR count). The molecule has 4 nitrogen and oxygen atoms in total. The summed E-state index contributed by atoms with van der Waals surface area (Å²) in [7, 11) is 0. The summed E-state index contributed by atoms with van der Waals surface area (Å²) in [4.78, 5) is 11.4. The van der Waals surface area contributed by atoms with E-state index < -0.39 is 29.3 Å². The molecule has 17 heavy (non-hydrogen) atoms. The van der Waals surface area contributed by atoms with Gasteiger partial charge in [0.25, 0.3) is 0 Å². The minimum atomic E-state index is -4.34. The molecule has 100 valence electrons. The van der Waals surface area contributed by atoms with Gasteiger partial charge in [-0.25, -0.2) is 4.79 Å². The van der Waals surface area contributed by atoms with Crippen LogP contribution in [0.2, 0.25) is 0 Å². The first kappa shape index (κ1) is 14.1. The third-order valence-corrected chi connectivity index (χ3v) is 2.58. The largest absolute Gasteiger partial charge is 0.444 e. The van der Waals surface area contributed by atoms with Gasteiger partial charge >= 0.3 is 12.3 Å². The van der Waals surface area contributed by atoms with E-state index >= 15 is 0 Å². The molecule has 1 amide bonds. The van der Waals surface area contributed by atoms with Crippen LogP contribution in [0.4, 0.5) is 18.0 Å². The summed E-state index contributed by atoms with van der Waals surface area (Å²) in [5.41, 5.74) is 3.16. The van der Waals surface area contributed by atoms with Gasteiger partial charge in [-0.3, -0.25) is 0 Å². The predicted molar refractivity (Wildman–Crippen MR) is 55.3 cm³/mol. The van der Waals surface area contributed by atoms with Gasteiger partial charge in [-0.1, -0.05) is 0 Å². The van der Waals surface area contributed by atoms with Crippen molar-refractivity contribution in [3.63, 3.8) is 0 Å². The fourth-order valence-corrected chi connectivity index (χ4v) is 1.66. The van der Waals surface area contributed by atoms with Crippen molar-refractivity contribution >= 4 is 6.09 Å². The Labute approximate surface area is 97.7 Å². The number of nitrogens with two attached hydrogens (primary N) is 1. The number of alkyl carbamates (subject to hydrolysis) is 1. The smallest absolute Gasteiger partial charge is 0.408 e. The van der Waals surface area contributed by atoms with Gasteiger partial charge in [0.15, 0.2) is 0 Å². The predicted octanol–water partition coefficient (Wildman–Crippen LogP) is 1.79. The first-order valence-corrected chi connectivity index (χ1v) is 5.28. The maximum atomic E-state index is 12.5. The molecule has 0 aromatic carbocycles. The highest BCUT2D eigenvalue weighted by atomic mass is 19.4. The second-order valence-corrected chi connectivity index (χ2v) is 5.29. The molecule has 1 aliphatic rings. The summed E-state index contributed by atoms with van der Waals surface area (Å²) in [6, 6.07) is 0. The van der Waals surface area contributed by atoms with Crippen LogP contribution in [0.25, 0.3) is 0 Å². The van der Waals surface area contributed by atoms with Crippen LogP contribution in [0.1, 0.15) is 27.2 Å². The van der Waals surface area contributed by atoms with Crippen LogP contribution < -0.4 is 11.1 Å². The van der Waals surface area contributed by atoms with Gasteiger partial charge in [0.05, 0.1) is 11.5 Å². The van der Waals surface area contributed by atoms with E-state index in [1.165, 1.54) is 0 Å². The average molecular weight is 254 g/mol. The molecule has 0 aromatic heterocycles. The minimum absolute atomic E-state index is 0.188. The maximum Gasteiger partial charge on any atom is 0.408 e. The van der Waals surface area contributed by atoms with Crippen molar-refractivity contribution in [1.29, 1.82) is 0 Å². The Morgan fingerprint density at radius 3 is 2.29 bits per heavy atom. The Morgan fingerprint density at radius 1 is 1.47 bits per heavy atom. The Morgan fingerprint density at radius 2 is 2.00 bits per heavy atom. The van der Waals surface area contributed by atoms with Crippen molar-refractivity contribution in [2.45, 2.75) is 44.5 Å². The zero-order chi connectivity index (χ0) is 13.5. The second-order valence-electron chi connectivity index (χ2n) is 5.29. The van der Waals surface area contributed by atoms with E-state index in [9.17, 15) is 18.0 Å². The van der Waals surface area contributed by atoms with Crippen molar-refractivity contribution in [3.8, 4) is 0 Å². The summed E-state index contributed by atoms with van der Waals surface area (Å²) < 4.78 is 42.3. The zero-order valence-corrected chi connectivity index (χ0v) is 10.0. The molecule has 7 heteroatoms. The zero-order valence-electron chi connectivity index (χ0n) is 10.0. The summed E-state index contributed by atoms with van der Waals surface area (Å²) in [5.74, 6) is -1.58. The van der Waals surface area contributed by atoms with Gasteiger partial charge in [0.2, 0.25) is 0 Å². The molecule has 1 fully saturated rings. The number of nitrogens with one attached hydrogen (secondary N) is 1. The highest BCUT2D eigenvalue weighted by molar-refractivity contribution is 5.69. The number of ether oxygens (including phenoxy) is 1. The first-order valence-electron chi connectivity index (χ1n) is 5.28. The van der Waals surface area contributed by atoms with Crippen LogP contribution in [0.15, 0.2) is 0 Å². The van der Waals surface area contributed by atoms with Crippen LogP contribution in [-0.4, -0.2) is 30.0 Å².